The van der Waals surface area contributed by atoms with E-state index in [2.05, 4.69) is 41.4 Å². The first-order valence-electron chi connectivity index (χ1n) is 11.8. The number of amides is 2. The number of nitrogens with zero attached hydrogens (tertiary/aromatic N) is 3. The second-order valence-electron chi connectivity index (χ2n) is 11.0. The Morgan fingerprint density at radius 1 is 1.12 bits per heavy atom. The van der Waals surface area contributed by atoms with Crippen molar-refractivity contribution < 1.29 is 9.59 Å². The van der Waals surface area contributed by atoms with Crippen molar-refractivity contribution in [3.63, 3.8) is 0 Å². The minimum absolute atomic E-state index is 0.0423. The van der Waals surface area contributed by atoms with Crippen molar-refractivity contribution in [3.8, 4) is 0 Å². The summed E-state index contributed by atoms with van der Waals surface area (Å²) in [6.45, 7) is 13.3. The maximum atomic E-state index is 13.0. The molecule has 1 aromatic heterocycles. The highest BCUT2D eigenvalue weighted by Crippen LogP contribution is 2.28. The fourth-order valence-corrected chi connectivity index (χ4v) is 4.42. The van der Waals surface area contributed by atoms with Crippen LogP contribution in [0, 0.1) is 0 Å². The van der Waals surface area contributed by atoms with Crippen LogP contribution in [0.5, 0.6) is 0 Å². The molecule has 2 fully saturated rings. The number of carbonyl (C=O) groups is 2. The van der Waals surface area contributed by atoms with Crippen molar-refractivity contribution in [1.29, 1.82) is 0 Å². The summed E-state index contributed by atoms with van der Waals surface area (Å²) in [5.41, 5.74) is 0.191. The molecule has 0 spiro atoms. The number of nitrogens with two attached hydrogens (primary N) is 1. The van der Waals surface area contributed by atoms with Gasteiger partial charge >= 0.3 is 0 Å². The molecule has 186 valence electrons. The zero-order valence-electron chi connectivity index (χ0n) is 21.3. The molecule has 1 aliphatic heterocycles. The van der Waals surface area contributed by atoms with Crippen molar-refractivity contribution in [2.24, 2.45) is 5.14 Å². The van der Waals surface area contributed by atoms with Gasteiger partial charge in [-0.15, -0.1) is 0 Å². The van der Waals surface area contributed by atoms with Gasteiger partial charge in [0, 0.05) is 35.8 Å². The minimum Gasteiger partial charge on any atom is -0.339 e. The van der Waals surface area contributed by atoms with E-state index < -0.39 is 6.04 Å². The first-order chi connectivity index (χ1) is 15.4. The van der Waals surface area contributed by atoms with E-state index in [4.69, 9.17) is 5.14 Å². The van der Waals surface area contributed by atoms with Gasteiger partial charge in [0.25, 0.3) is 5.91 Å². The lowest BCUT2D eigenvalue weighted by Crippen LogP contribution is -2.49. The maximum absolute atomic E-state index is 13.0. The van der Waals surface area contributed by atoms with E-state index in [-0.39, 0.29) is 28.8 Å². The Hall–Kier alpha value is -1.71. The molecule has 4 N–H and O–H groups in total. The van der Waals surface area contributed by atoms with Crippen LogP contribution in [0.4, 0.5) is 0 Å². The number of carbonyl (C=O) groups excluding carboxylic acids is 2. The van der Waals surface area contributed by atoms with Gasteiger partial charge in [-0.2, -0.15) is 0 Å². The molecule has 2 amide bonds. The lowest BCUT2D eigenvalue weighted by molar-refractivity contribution is -0.131. The average Bonchev–Trinajstić information content (AvgIpc) is 3.08. The van der Waals surface area contributed by atoms with Gasteiger partial charge in [0.1, 0.15) is 17.6 Å². The number of nitrogens with one attached hydrogen (secondary N) is 2. The number of aromatic nitrogens is 2. The molecule has 2 aliphatic rings. The van der Waals surface area contributed by atoms with E-state index in [1.807, 2.05) is 31.9 Å². The van der Waals surface area contributed by atoms with Crippen LogP contribution in [0.25, 0.3) is 0 Å². The number of likely N-dealkylation sites (tertiary alicyclic amines) is 1. The topological polar surface area (TPSA) is 113 Å². The highest BCUT2D eigenvalue weighted by atomic mass is 32.2. The Kier molecular flexibility index (Phi) is 9.70. The summed E-state index contributed by atoms with van der Waals surface area (Å²) < 4.78 is 0. The Morgan fingerprint density at radius 3 is 2.27 bits per heavy atom. The summed E-state index contributed by atoms with van der Waals surface area (Å²) in [5, 5.41) is 11.3. The quantitative estimate of drug-likeness (QED) is 0.570. The molecule has 9 heteroatoms. The van der Waals surface area contributed by atoms with Crippen molar-refractivity contribution in [2.45, 2.75) is 103 Å². The predicted octanol–water partition coefficient (Wildman–Crippen LogP) is 3.03. The highest BCUT2D eigenvalue weighted by Gasteiger charge is 2.38. The molecule has 0 bridgehead atoms. The second kappa shape index (κ2) is 11.6. The van der Waals surface area contributed by atoms with Gasteiger partial charge in [-0.3, -0.25) is 14.7 Å². The third-order valence-corrected chi connectivity index (χ3v) is 5.88. The summed E-state index contributed by atoms with van der Waals surface area (Å²) in [6, 6.07) is 1.94. The molecule has 2 heterocycles. The molecule has 0 unspecified atom stereocenters. The molecule has 1 aliphatic carbocycles. The van der Waals surface area contributed by atoms with Crippen LogP contribution in [-0.4, -0.2) is 63.1 Å². The standard InChI is InChI=1S/C23H37N5O2.CH5NS/c1-22(2,3)21-24-13-11-17(26-21)19(29)25-18-12-14-28(20(18)30)16-9-7-15(8-10-16)27-23(4,5)6;1-3-2/h11,13,15-16,18,27H,7-10,12,14H2,1-6H3,(H,25,29);2H2,1H3/t15?,16?,18-;/m0./s1. The Morgan fingerprint density at radius 2 is 1.73 bits per heavy atom. The van der Waals surface area contributed by atoms with Crippen molar-refractivity contribution in [2.75, 3.05) is 12.8 Å². The molecule has 1 saturated carbocycles. The molecule has 33 heavy (non-hydrogen) atoms. The molecule has 1 aromatic rings. The van der Waals surface area contributed by atoms with Gasteiger partial charge in [0.05, 0.1) is 0 Å². The van der Waals surface area contributed by atoms with Crippen molar-refractivity contribution in [3.05, 3.63) is 23.8 Å². The van der Waals surface area contributed by atoms with E-state index in [1.54, 1.807) is 12.3 Å². The largest absolute Gasteiger partial charge is 0.339 e. The Balaban J connectivity index is 0.00000122. The average molecular weight is 479 g/mol. The SMILES string of the molecule is CC(C)(C)NC1CCC(N2CC[C@H](NC(=O)c3ccnc(C(C)(C)C)n3)C2=O)CC1.CSN. The van der Waals surface area contributed by atoms with Crippen molar-refractivity contribution in [1.82, 2.24) is 25.5 Å². The lowest BCUT2D eigenvalue weighted by atomic mass is 9.89. The van der Waals surface area contributed by atoms with E-state index >= 15 is 0 Å². The molecular weight excluding hydrogens is 436 g/mol. The monoisotopic (exact) mass is 478 g/mol. The molecule has 8 nitrogen and oxygen atoms in total. The van der Waals surface area contributed by atoms with Crippen LogP contribution in [-0.2, 0) is 10.2 Å². The fourth-order valence-electron chi connectivity index (χ4n) is 4.42. The molecule has 0 radical (unpaired) electrons. The van der Waals surface area contributed by atoms with Gasteiger partial charge < -0.3 is 15.5 Å². The van der Waals surface area contributed by atoms with Gasteiger partial charge in [-0.05, 0) is 65.2 Å². The first-order valence-corrected chi connectivity index (χ1v) is 13.1. The smallest absolute Gasteiger partial charge is 0.270 e. The molecule has 3 rings (SSSR count). The van der Waals surface area contributed by atoms with Crippen LogP contribution in [0.1, 0.15) is 90.0 Å². The first kappa shape index (κ1) is 27.5. The van der Waals surface area contributed by atoms with E-state index in [1.165, 1.54) is 11.9 Å². The molecular formula is C24H42N6O2S. The maximum Gasteiger partial charge on any atom is 0.270 e. The van der Waals surface area contributed by atoms with Gasteiger partial charge in [0.15, 0.2) is 0 Å². The number of hydrogen-bond donors (Lipinski definition) is 3. The lowest BCUT2D eigenvalue weighted by Gasteiger charge is -2.37. The molecule has 1 atom stereocenters. The van der Waals surface area contributed by atoms with Gasteiger partial charge in [-0.1, -0.05) is 32.7 Å². The van der Waals surface area contributed by atoms with Crippen molar-refractivity contribution >= 4 is 23.8 Å². The zero-order valence-corrected chi connectivity index (χ0v) is 22.1. The summed E-state index contributed by atoms with van der Waals surface area (Å²) in [6.07, 6.45) is 8.28. The Labute approximate surface area is 203 Å². The second-order valence-corrected chi connectivity index (χ2v) is 11.5. The highest BCUT2D eigenvalue weighted by molar-refractivity contribution is 7.96. The van der Waals surface area contributed by atoms with E-state index in [9.17, 15) is 9.59 Å². The van der Waals surface area contributed by atoms with Crippen LogP contribution >= 0.6 is 11.9 Å². The summed E-state index contributed by atoms with van der Waals surface area (Å²) >= 11 is 1.25. The van der Waals surface area contributed by atoms with E-state index in [0.29, 0.717) is 30.5 Å². The fraction of sp³-hybridized carbons (Fsp3) is 0.750. The normalized spacial score (nSPS) is 23.7. The minimum atomic E-state index is -0.462. The van der Waals surface area contributed by atoms with Crippen LogP contribution in [0.3, 0.4) is 0 Å². The third kappa shape index (κ3) is 8.22. The summed E-state index contributed by atoms with van der Waals surface area (Å²) in [5.74, 6) is 0.358. The summed E-state index contributed by atoms with van der Waals surface area (Å²) in [7, 11) is 0. The third-order valence-electron chi connectivity index (χ3n) is 5.88. The van der Waals surface area contributed by atoms with Crippen LogP contribution in [0.2, 0.25) is 0 Å². The van der Waals surface area contributed by atoms with E-state index in [0.717, 1.165) is 25.7 Å². The summed E-state index contributed by atoms with van der Waals surface area (Å²) in [4.78, 5) is 36.3. The zero-order chi connectivity index (χ0) is 24.8. The molecule has 1 saturated heterocycles. The van der Waals surface area contributed by atoms with Gasteiger partial charge in [-0.25, -0.2) is 9.97 Å². The Bertz CT molecular complexity index is 797. The number of rotatable bonds is 4. The van der Waals surface area contributed by atoms with Crippen LogP contribution in [0.15, 0.2) is 12.3 Å². The predicted molar refractivity (Wildman–Crippen MR) is 135 cm³/mol. The number of hydrogen-bond acceptors (Lipinski definition) is 7. The molecule has 0 aromatic carbocycles. The van der Waals surface area contributed by atoms with Crippen LogP contribution < -0.4 is 15.8 Å². The van der Waals surface area contributed by atoms with Gasteiger partial charge in [0.2, 0.25) is 5.91 Å².